The van der Waals surface area contributed by atoms with Crippen LogP contribution in [0.5, 0.6) is 0 Å². The highest BCUT2D eigenvalue weighted by Gasteiger charge is 2.14. The maximum absolute atomic E-state index is 5.48. The first-order valence-corrected chi connectivity index (χ1v) is 5.61. The minimum atomic E-state index is 0.995. The molecule has 1 aromatic rings. The van der Waals surface area contributed by atoms with E-state index >= 15 is 0 Å². The van der Waals surface area contributed by atoms with E-state index in [1.165, 1.54) is 18.5 Å². The van der Waals surface area contributed by atoms with Crippen LogP contribution in [0.1, 0.15) is 18.4 Å². The second-order valence-corrected chi connectivity index (χ2v) is 4.42. The standard InChI is InChI=1S/C12H12BrN/c1-2-10-5-6-11(13)9-12(10)14-7-3-4-8-14/h1,5-6,9H,3-4,7-8H2. The van der Waals surface area contributed by atoms with E-state index in [1.54, 1.807) is 0 Å². The van der Waals surface area contributed by atoms with Gasteiger partial charge in [-0.25, -0.2) is 0 Å². The summed E-state index contributed by atoms with van der Waals surface area (Å²) < 4.78 is 1.10. The van der Waals surface area contributed by atoms with Crippen LogP contribution < -0.4 is 4.90 Å². The van der Waals surface area contributed by atoms with Crippen molar-refractivity contribution in [3.63, 3.8) is 0 Å². The van der Waals surface area contributed by atoms with Crippen molar-refractivity contribution >= 4 is 21.6 Å². The molecule has 0 N–H and O–H groups in total. The molecule has 1 aliphatic rings. The topological polar surface area (TPSA) is 3.24 Å². The maximum Gasteiger partial charge on any atom is 0.0536 e. The molecule has 1 nitrogen and oxygen atoms in total. The Balaban J connectivity index is 2.39. The second-order valence-electron chi connectivity index (χ2n) is 3.50. The number of rotatable bonds is 1. The number of terminal acetylenes is 1. The molecule has 0 aromatic heterocycles. The van der Waals surface area contributed by atoms with Crippen molar-refractivity contribution in [3.8, 4) is 12.3 Å². The van der Waals surface area contributed by atoms with Crippen molar-refractivity contribution < 1.29 is 0 Å². The van der Waals surface area contributed by atoms with Gasteiger partial charge in [-0.3, -0.25) is 0 Å². The fraction of sp³-hybridized carbons (Fsp3) is 0.333. The smallest absolute Gasteiger partial charge is 0.0536 e. The Morgan fingerprint density at radius 3 is 2.64 bits per heavy atom. The Hall–Kier alpha value is -0.940. The van der Waals surface area contributed by atoms with E-state index < -0.39 is 0 Å². The molecule has 0 radical (unpaired) electrons. The number of hydrogen-bond donors (Lipinski definition) is 0. The van der Waals surface area contributed by atoms with Crippen LogP contribution in [0.2, 0.25) is 0 Å². The SMILES string of the molecule is C#Cc1ccc(Br)cc1N1CCCC1. The van der Waals surface area contributed by atoms with Crippen LogP contribution in [-0.4, -0.2) is 13.1 Å². The highest BCUT2D eigenvalue weighted by atomic mass is 79.9. The van der Waals surface area contributed by atoms with Crippen molar-refractivity contribution in [2.24, 2.45) is 0 Å². The normalized spacial score (nSPS) is 15.6. The first-order chi connectivity index (χ1) is 6.81. The summed E-state index contributed by atoms with van der Waals surface area (Å²) in [6.07, 6.45) is 8.03. The summed E-state index contributed by atoms with van der Waals surface area (Å²) in [7, 11) is 0. The zero-order valence-electron chi connectivity index (χ0n) is 7.96. The first kappa shape index (κ1) is 9.61. The summed E-state index contributed by atoms with van der Waals surface area (Å²) in [6.45, 7) is 2.26. The highest BCUT2D eigenvalue weighted by Crippen LogP contribution is 2.27. The fourth-order valence-electron chi connectivity index (χ4n) is 1.85. The third-order valence-electron chi connectivity index (χ3n) is 2.56. The predicted molar refractivity (Wildman–Crippen MR) is 63.5 cm³/mol. The van der Waals surface area contributed by atoms with Gasteiger partial charge in [-0.15, -0.1) is 6.42 Å². The van der Waals surface area contributed by atoms with Crippen LogP contribution in [0, 0.1) is 12.3 Å². The summed E-state index contributed by atoms with van der Waals surface area (Å²) in [4.78, 5) is 2.36. The zero-order valence-corrected chi connectivity index (χ0v) is 9.55. The van der Waals surface area contributed by atoms with Gasteiger partial charge in [-0.2, -0.15) is 0 Å². The molecule has 0 saturated carbocycles. The van der Waals surface area contributed by atoms with Gasteiger partial charge in [0.05, 0.1) is 5.69 Å². The monoisotopic (exact) mass is 249 g/mol. The van der Waals surface area contributed by atoms with E-state index in [4.69, 9.17) is 6.42 Å². The van der Waals surface area contributed by atoms with E-state index in [9.17, 15) is 0 Å². The van der Waals surface area contributed by atoms with E-state index in [1.807, 2.05) is 12.1 Å². The molecular weight excluding hydrogens is 238 g/mol. The van der Waals surface area contributed by atoms with Crippen LogP contribution in [0.3, 0.4) is 0 Å². The molecule has 0 atom stereocenters. The molecule has 0 bridgehead atoms. The van der Waals surface area contributed by atoms with Gasteiger partial charge in [0, 0.05) is 23.1 Å². The van der Waals surface area contributed by atoms with Crippen molar-refractivity contribution in [1.82, 2.24) is 0 Å². The number of anilines is 1. The summed E-state index contributed by atoms with van der Waals surface area (Å²) in [5.41, 5.74) is 2.19. The van der Waals surface area contributed by atoms with Gasteiger partial charge in [0.25, 0.3) is 0 Å². The number of benzene rings is 1. The van der Waals surface area contributed by atoms with Gasteiger partial charge in [0.2, 0.25) is 0 Å². The summed E-state index contributed by atoms with van der Waals surface area (Å²) >= 11 is 3.48. The Morgan fingerprint density at radius 1 is 1.29 bits per heavy atom. The van der Waals surface area contributed by atoms with Crippen LogP contribution in [0.15, 0.2) is 22.7 Å². The zero-order chi connectivity index (χ0) is 9.97. The van der Waals surface area contributed by atoms with Crippen molar-refractivity contribution in [2.45, 2.75) is 12.8 Å². The summed E-state index contributed by atoms with van der Waals surface area (Å²) in [6, 6.07) is 6.10. The molecule has 2 heteroatoms. The third-order valence-corrected chi connectivity index (χ3v) is 3.06. The molecule has 1 aromatic carbocycles. The van der Waals surface area contributed by atoms with Gasteiger partial charge in [0.1, 0.15) is 0 Å². The van der Waals surface area contributed by atoms with Crippen LogP contribution >= 0.6 is 15.9 Å². The third kappa shape index (κ3) is 1.78. The maximum atomic E-state index is 5.48. The lowest BCUT2D eigenvalue weighted by Gasteiger charge is -2.19. The van der Waals surface area contributed by atoms with Crippen molar-refractivity contribution in [1.29, 1.82) is 0 Å². The highest BCUT2D eigenvalue weighted by molar-refractivity contribution is 9.10. The van der Waals surface area contributed by atoms with Crippen molar-refractivity contribution in [2.75, 3.05) is 18.0 Å². The molecular formula is C12H12BrN. The van der Waals surface area contributed by atoms with Gasteiger partial charge >= 0.3 is 0 Å². The minimum absolute atomic E-state index is 0.995. The first-order valence-electron chi connectivity index (χ1n) is 4.82. The summed E-state index contributed by atoms with van der Waals surface area (Å²) in [5, 5.41) is 0. The van der Waals surface area contributed by atoms with E-state index in [0.29, 0.717) is 0 Å². The van der Waals surface area contributed by atoms with Gasteiger partial charge in [-0.1, -0.05) is 21.9 Å². The number of hydrogen-bond acceptors (Lipinski definition) is 1. The van der Waals surface area contributed by atoms with E-state index in [0.717, 1.165) is 23.1 Å². The van der Waals surface area contributed by atoms with Crippen LogP contribution in [0.4, 0.5) is 5.69 Å². The Bertz CT molecular complexity index is 372. The van der Waals surface area contributed by atoms with Gasteiger partial charge in [-0.05, 0) is 31.0 Å². The molecule has 1 fully saturated rings. The van der Waals surface area contributed by atoms with E-state index in [2.05, 4.69) is 32.8 Å². The minimum Gasteiger partial charge on any atom is -0.370 e. The Kier molecular flexibility index (Phi) is 2.79. The molecule has 0 aliphatic carbocycles. The molecule has 0 amide bonds. The average molecular weight is 250 g/mol. The predicted octanol–water partition coefficient (Wildman–Crippen LogP) is 3.03. The molecule has 72 valence electrons. The lowest BCUT2D eigenvalue weighted by molar-refractivity contribution is 0.949. The quantitative estimate of drug-likeness (QED) is 0.692. The van der Waals surface area contributed by atoms with Gasteiger partial charge < -0.3 is 4.90 Å². The largest absolute Gasteiger partial charge is 0.370 e. The van der Waals surface area contributed by atoms with Gasteiger partial charge in [0.15, 0.2) is 0 Å². The van der Waals surface area contributed by atoms with E-state index in [-0.39, 0.29) is 0 Å². The second kappa shape index (κ2) is 4.06. The van der Waals surface area contributed by atoms with Crippen LogP contribution in [-0.2, 0) is 0 Å². The van der Waals surface area contributed by atoms with Crippen LogP contribution in [0.25, 0.3) is 0 Å². The number of halogens is 1. The molecule has 1 heterocycles. The fourth-order valence-corrected chi connectivity index (χ4v) is 2.20. The summed E-state index contributed by atoms with van der Waals surface area (Å²) in [5.74, 6) is 2.74. The molecule has 2 rings (SSSR count). The lowest BCUT2D eigenvalue weighted by Crippen LogP contribution is -2.18. The number of nitrogens with zero attached hydrogens (tertiary/aromatic N) is 1. The molecule has 0 unspecified atom stereocenters. The Morgan fingerprint density at radius 2 is 2.00 bits per heavy atom. The molecule has 14 heavy (non-hydrogen) atoms. The lowest BCUT2D eigenvalue weighted by atomic mass is 10.1. The molecule has 1 saturated heterocycles. The Labute approximate surface area is 93.2 Å². The molecule has 1 aliphatic heterocycles. The molecule has 0 spiro atoms. The van der Waals surface area contributed by atoms with Crippen molar-refractivity contribution in [3.05, 3.63) is 28.2 Å². The average Bonchev–Trinajstić information content (AvgIpc) is 2.70.